The predicted molar refractivity (Wildman–Crippen MR) is 147 cm³/mol. The van der Waals surface area contributed by atoms with Crippen LogP contribution < -0.4 is 16.4 Å². The fraction of sp³-hybridized carbons (Fsp3) is 0.690. The number of hydrogen-bond donors (Lipinski definition) is 3. The maximum absolute atomic E-state index is 13.5. The molecule has 2 aliphatic rings. The molecule has 4 N–H and O–H groups in total. The summed E-state index contributed by atoms with van der Waals surface area (Å²) < 4.78 is 0. The van der Waals surface area contributed by atoms with Crippen molar-refractivity contribution in [2.75, 3.05) is 39.8 Å². The summed E-state index contributed by atoms with van der Waals surface area (Å²) in [6.07, 6.45) is 7.31. The number of Topliss-reactive ketones (excluding diaryl/α,β-unsaturated/α-hetero) is 1. The summed E-state index contributed by atoms with van der Waals surface area (Å²) in [6, 6.07) is 7.11. The third-order valence-corrected chi connectivity index (χ3v) is 8.18. The Labute approximate surface area is 222 Å². The van der Waals surface area contributed by atoms with Crippen LogP contribution in [0.15, 0.2) is 24.3 Å². The van der Waals surface area contributed by atoms with Crippen LogP contribution in [0.3, 0.4) is 0 Å². The third-order valence-electron chi connectivity index (χ3n) is 8.18. The zero-order valence-corrected chi connectivity index (χ0v) is 23.0. The minimum absolute atomic E-state index is 0.0494. The van der Waals surface area contributed by atoms with Crippen LogP contribution in [-0.2, 0) is 20.9 Å². The molecule has 1 aliphatic carbocycles. The first-order valence-corrected chi connectivity index (χ1v) is 14.1. The maximum Gasteiger partial charge on any atom is 0.240 e. The Hall–Kier alpha value is -2.29. The number of hydrogen-bond acceptors (Lipinski definition) is 6. The highest BCUT2D eigenvalue weighted by Gasteiger charge is 2.31. The first kappa shape index (κ1) is 29.3. The molecule has 1 unspecified atom stereocenters. The SMILES string of the molecule is CCC(=O)CN[C@@H](C(=O)N1CCN(C)CC1)[C@@H](C)c1ccc(CNC(=O)C(N)C2CCCCCC2)cc1. The summed E-state index contributed by atoms with van der Waals surface area (Å²) in [6.45, 7) is 7.59. The molecule has 37 heavy (non-hydrogen) atoms. The van der Waals surface area contributed by atoms with E-state index in [1.54, 1.807) is 0 Å². The number of nitrogens with zero attached hydrogens (tertiary/aromatic N) is 2. The quantitative estimate of drug-likeness (QED) is 0.392. The summed E-state index contributed by atoms with van der Waals surface area (Å²) in [5.74, 6) is 0.230. The fourth-order valence-corrected chi connectivity index (χ4v) is 5.37. The van der Waals surface area contributed by atoms with Gasteiger partial charge in [-0.15, -0.1) is 0 Å². The van der Waals surface area contributed by atoms with E-state index in [4.69, 9.17) is 5.73 Å². The molecule has 1 aliphatic heterocycles. The zero-order valence-electron chi connectivity index (χ0n) is 23.0. The third kappa shape index (κ3) is 8.62. The maximum atomic E-state index is 13.5. The fourth-order valence-electron chi connectivity index (χ4n) is 5.37. The van der Waals surface area contributed by atoms with Crippen molar-refractivity contribution in [1.29, 1.82) is 0 Å². The van der Waals surface area contributed by atoms with Crippen molar-refractivity contribution >= 4 is 17.6 Å². The number of piperazine rings is 1. The lowest BCUT2D eigenvalue weighted by atomic mass is 9.91. The van der Waals surface area contributed by atoms with Crippen molar-refractivity contribution in [3.05, 3.63) is 35.4 Å². The minimum atomic E-state index is -0.470. The molecule has 8 nitrogen and oxygen atoms in total. The highest BCUT2D eigenvalue weighted by atomic mass is 16.2. The Morgan fingerprint density at radius 1 is 1.00 bits per heavy atom. The number of benzene rings is 1. The van der Waals surface area contributed by atoms with Crippen LogP contribution in [-0.4, -0.2) is 79.3 Å². The van der Waals surface area contributed by atoms with E-state index in [9.17, 15) is 14.4 Å². The van der Waals surface area contributed by atoms with Crippen molar-refractivity contribution in [1.82, 2.24) is 20.4 Å². The lowest BCUT2D eigenvalue weighted by molar-refractivity contribution is -0.135. The van der Waals surface area contributed by atoms with E-state index in [-0.39, 0.29) is 36.0 Å². The van der Waals surface area contributed by atoms with Gasteiger partial charge in [0.15, 0.2) is 0 Å². The van der Waals surface area contributed by atoms with Crippen molar-refractivity contribution in [3.63, 3.8) is 0 Å². The molecule has 3 atom stereocenters. The van der Waals surface area contributed by atoms with E-state index in [1.807, 2.05) is 43.0 Å². The van der Waals surface area contributed by atoms with Crippen LogP contribution in [0.25, 0.3) is 0 Å². The number of rotatable bonds is 11. The molecule has 2 fully saturated rings. The molecule has 3 rings (SSSR count). The molecule has 1 saturated heterocycles. The highest BCUT2D eigenvalue weighted by Crippen LogP contribution is 2.25. The molecule has 1 aromatic rings. The normalized spacial score (nSPS) is 20.1. The lowest BCUT2D eigenvalue weighted by Crippen LogP contribution is -2.55. The van der Waals surface area contributed by atoms with Crippen molar-refractivity contribution < 1.29 is 14.4 Å². The Kier molecular flexibility index (Phi) is 11.5. The molecule has 0 bridgehead atoms. The predicted octanol–water partition coefficient (Wildman–Crippen LogP) is 2.42. The van der Waals surface area contributed by atoms with Gasteiger partial charge in [-0.2, -0.15) is 0 Å². The second-order valence-electron chi connectivity index (χ2n) is 10.9. The Balaban J connectivity index is 1.60. The van der Waals surface area contributed by atoms with E-state index < -0.39 is 12.1 Å². The number of carbonyl (C=O) groups excluding carboxylic acids is 3. The van der Waals surface area contributed by atoms with E-state index in [1.165, 1.54) is 12.8 Å². The highest BCUT2D eigenvalue weighted by molar-refractivity contribution is 5.85. The second-order valence-corrected chi connectivity index (χ2v) is 10.9. The zero-order chi connectivity index (χ0) is 26.8. The molecule has 8 heteroatoms. The number of amides is 2. The number of likely N-dealkylation sites (N-methyl/N-ethyl adjacent to an activating group) is 1. The van der Waals surface area contributed by atoms with Gasteiger partial charge in [-0.3, -0.25) is 19.7 Å². The first-order valence-electron chi connectivity index (χ1n) is 14.1. The van der Waals surface area contributed by atoms with Crippen molar-refractivity contribution in [3.8, 4) is 0 Å². The van der Waals surface area contributed by atoms with Crippen LogP contribution in [0, 0.1) is 5.92 Å². The standard InChI is InChI=1S/C29H47N5O3/c1-4-25(35)20-31-27(29(37)34-17-15-33(3)16-18-34)21(2)23-13-11-22(12-14-23)19-32-28(36)26(30)24-9-7-5-6-8-10-24/h11-14,21,24,26-27,31H,4-10,15-20,30H2,1-3H3,(H,32,36)/t21-,26?,27+/m0/s1. The Bertz CT molecular complexity index is 874. The van der Waals surface area contributed by atoms with Gasteiger partial charge in [0, 0.05) is 45.1 Å². The van der Waals surface area contributed by atoms with E-state index in [0.29, 0.717) is 26.1 Å². The summed E-state index contributed by atoms with van der Waals surface area (Å²) >= 11 is 0. The summed E-state index contributed by atoms with van der Waals surface area (Å²) in [5, 5.41) is 6.27. The van der Waals surface area contributed by atoms with Crippen molar-refractivity contribution in [2.24, 2.45) is 11.7 Å². The van der Waals surface area contributed by atoms with Gasteiger partial charge in [0.2, 0.25) is 11.8 Å². The molecule has 206 valence electrons. The average Bonchev–Trinajstić information content (AvgIpc) is 3.21. The molecule has 2 amide bonds. The number of carbonyl (C=O) groups is 3. The second kappa shape index (κ2) is 14.6. The molecule has 1 aromatic carbocycles. The Morgan fingerprint density at radius 2 is 1.62 bits per heavy atom. The molecule has 1 saturated carbocycles. The molecular formula is C29H47N5O3. The van der Waals surface area contributed by atoms with Crippen LogP contribution in [0.5, 0.6) is 0 Å². The van der Waals surface area contributed by atoms with Gasteiger partial charge in [0.25, 0.3) is 0 Å². The molecule has 0 aromatic heterocycles. The summed E-state index contributed by atoms with van der Waals surface area (Å²) in [7, 11) is 2.06. The van der Waals surface area contributed by atoms with Crippen LogP contribution in [0.1, 0.15) is 75.8 Å². The van der Waals surface area contributed by atoms with E-state index in [0.717, 1.165) is 49.9 Å². The van der Waals surface area contributed by atoms with Gasteiger partial charge in [-0.1, -0.05) is 63.8 Å². The number of nitrogens with one attached hydrogen (secondary N) is 2. The van der Waals surface area contributed by atoms with Gasteiger partial charge >= 0.3 is 0 Å². The number of nitrogens with two attached hydrogens (primary N) is 1. The topological polar surface area (TPSA) is 108 Å². The van der Waals surface area contributed by atoms with E-state index in [2.05, 4.69) is 22.6 Å². The summed E-state index contributed by atoms with van der Waals surface area (Å²) in [5.41, 5.74) is 8.31. The summed E-state index contributed by atoms with van der Waals surface area (Å²) in [4.78, 5) is 42.3. The minimum Gasteiger partial charge on any atom is -0.351 e. The van der Waals surface area contributed by atoms with Gasteiger partial charge in [-0.05, 0) is 36.9 Å². The molecular weight excluding hydrogens is 466 g/mol. The van der Waals surface area contributed by atoms with Crippen LogP contribution >= 0.6 is 0 Å². The number of ketones is 1. The first-order chi connectivity index (χ1) is 17.8. The van der Waals surface area contributed by atoms with Crippen LogP contribution in [0.2, 0.25) is 0 Å². The largest absolute Gasteiger partial charge is 0.351 e. The van der Waals surface area contributed by atoms with E-state index >= 15 is 0 Å². The van der Waals surface area contributed by atoms with Crippen molar-refractivity contribution in [2.45, 2.75) is 83.3 Å². The lowest BCUT2D eigenvalue weighted by Gasteiger charge is -2.36. The smallest absolute Gasteiger partial charge is 0.240 e. The van der Waals surface area contributed by atoms with Gasteiger partial charge in [0.05, 0.1) is 18.6 Å². The van der Waals surface area contributed by atoms with Crippen LogP contribution in [0.4, 0.5) is 0 Å². The monoisotopic (exact) mass is 513 g/mol. The average molecular weight is 514 g/mol. The Morgan fingerprint density at radius 3 is 2.22 bits per heavy atom. The molecule has 0 radical (unpaired) electrons. The van der Waals surface area contributed by atoms with Gasteiger partial charge < -0.3 is 20.9 Å². The van der Waals surface area contributed by atoms with Gasteiger partial charge in [-0.25, -0.2) is 0 Å². The molecule has 0 spiro atoms. The van der Waals surface area contributed by atoms with Gasteiger partial charge in [0.1, 0.15) is 5.78 Å². The molecule has 1 heterocycles.